The summed E-state index contributed by atoms with van der Waals surface area (Å²) in [7, 11) is 1.43. The van der Waals surface area contributed by atoms with Crippen LogP contribution in [-0.2, 0) is 16.0 Å². The van der Waals surface area contributed by atoms with Gasteiger partial charge in [0.25, 0.3) is 0 Å². The summed E-state index contributed by atoms with van der Waals surface area (Å²) in [5.74, 6) is 0.246. The average molecular weight is 423 g/mol. The monoisotopic (exact) mass is 422 g/mol. The predicted octanol–water partition coefficient (Wildman–Crippen LogP) is 3.94. The van der Waals surface area contributed by atoms with Gasteiger partial charge in [-0.3, -0.25) is 4.90 Å². The normalized spacial score (nSPS) is 21.5. The predicted molar refractivity (Wildman–Crippen MR) is 122 cm³/mol. The summed E-state index contributed by atoms with van der Waals surface area (Å²) in [6.45, 7) is 7.10. The molecule has 1 unspecified atom stereocenters. The highest BCUT2D eigenvalue weighted by Crippen LogP contribution is 2.29. The molecule has 0 N–H and O–H groups in total. The zero-order valence-corrected chi connectivity index (χ0v) is 18.5. The molecule has 0 aliphatic carbocycles. The van der Waals surface area contributed by atoms with Gasteiger partial charge in [-0.15, -0.1) is 0 Å². The van der Waals surface area contributed by atoms with Gasteiger partial charge in [0.15, 0.2) is 0 Å². The molecule has 0 saturated carbocycles. The van der Waals surface area contributed by atoms with Crippen molar-refractivity contribution >= 4 is 5.97 Å². The first kappa shape index (κ1) is 22.0. The zero-order valence-electron chi connectivity index (χ0n) is 18.5. The topological polar surface area (TPSA) is 42.0 Å². The molecule has 5 heteroatoms. The van der Waals surface area contributed by atoms with Crippen LogP contribution in [0.5, 0.6) is 0 Å². The van der Waals surface area contributed by atoms with Crippen LogP contribution in [0, 0.1) is 0 Å². The molecule has 1 atom stereocenters. The third-order valence-corrected chi connectivity index (χ3v) is 6.51. The first-order valence-corrected chi connectivity index (χ1v) is 11.5. The smallest absolute Gasteiger partial charge is 0.337 e. The van der Waals surface area contributed by atoms with Crippen LogP contribution in [0.3, 0.4) is 0 Å². The van der Waals surface area contributed by atoms with E-state index in [-0.39, 0.29) is 12.1 Å². The fourth-order valence-corrected chi connectivity index (χ4v) is 4.84. The highest BCUT2D eigenvalue weighted by Gasteiger charge is 2.26. The second-order valence-corrected chi connectivity index (χ2v) is 8.76. The number of hydrogen-bond donors (Lipinski definition) is 0. The van der Waals surface area contributed by atoms with Gasteiger partial charge >= 0.3 is 5.97 Å². The van der Waals surface area contributed by atoms with E-state index in [0.29, 0.717) is 11.5 Å². The molecule has 2 aliphatic rings. The van der Waals surface area contributed by atoms with E-state index in [0.717, 1.165) is 65.1 Å². The van der Waals surface area contributed by atoms with Crippen molar-refractivity contribution in [2.45, 2.75) is 37.8 Å². The summed E-state index contributed by atoms with van der Waals surface area (Å²) in [4.78, 5) is 16.9. The number of carbonyl (C=O) groups is 1. The summed E-state index contributed by atoms with van der Waals surface area (Å²) in [6, 6.07) is 18.7. The molecule has 2 aliphatic heterocycles. The van der Waals surface area contributed by atoms with Crippen molar-refractivity contribution in [3.63, 3.8) is 0 Å². The van der Waals surface area contributed by atoms with Crippen molar-refractivity contribution < 1.29 is 14.3 Å². The summed E-state index contributed by atoms with van der Waals surface area (Å²) in [5, 5.41) is 0. The molecular weight excluding hydrogens is 388 g/mol. The Balaban J connectivity index is 1.28. The number of piperidine rings is 1. The molecule has 2 heterocycles. The quantitative estimate of drug-likeness (QED) is 0.660. The molecule has 2 aromatic carbocycles. The fraction of sp³-hybridized carbons (Fsp3) is 0.500. The molecule has 2 aromatic rings. The Morgan fingerprint density at radius 1 is 1.03 bits per heavy atom. The molecular formula is C26H34N2O3. The molecule has 166 valence electrons. The lowest BCUT2D eigenvalue weighted by Gasteiger charge is -2.35. The maximum Gasteiger partial charge on any atom is 0.337 e. The molecule has 4 rings (SSSR count). The van der Waals surface area contributed by atoms with Crippen LogP contribution in [0.2, 0.25) is 0 Å². The third-order valence-electron chi connectivity index (χ3n) is 6.51. The van der Waals surface area contributed by atoms with E-state index >= 15 is 0 Å². The second-order valence-electron chi connectivity index (χ2n) is 8.76. The summed E-state index contributed by atoms with van der Waals surface area (Å²) < 4.78 is 11.1. The van der Waals surface area contributed by atoms with Crippen molar-refractivity contribution in [1.82, 2.24) is 9.80 Å². The van der Waals surface area contributed by atoms with Crippen LogP contribution in [-0.4, -0.2) is 68.3 Å². The molecule has 2 saturated heterocycles. The minimum atomic E-state index is -0.259. The summed E-state index contributed by atoms with van der Waals surface area (Å²) >= 11 is 0. The van der Waals surface area contributed by atoms with E-state index < -0.39 is 0 Å². The van der Waals surface area contributed by atoms with Crippen LogP contribution in [0.4, 0.5) is 0 Å². The maximum atomic E-state index is 11.8. The second kappa shape index (κ2) is 10.9. The maximum absolute atomic E-state index is 11.8. The molecule has 0 spiro atoms. The number of benzene rings is 2. The standard InChI is InChI=1S/C26H34N2O3/c1-30-26(29)24-10-5-9-23(17-24)22-11-14-27(15-12-22)19-25-20-28(13-6-16-31-25)18-21-7-3-2-4-8-21/h2-5,7-10,17,22,25H,6,11-16,18-20H2,1H3. The molecule has 0 bridgehead atoms. The Hall–Kier alpha value is -2.21. The van der Waals surface area contributed by atoms with Crippen LogP contribution in [0.1, 0.15) is 46.7 Å². The van der Waals surface area contributed by atoms with Gasteiger partial charge in [0, 0.05) is 32.8 Å². The average Bonchev–Trinajstić information content (AvgIpc) is 3.04. The van der Waals surface area contributed by atoms with Crippen molar-refractivity contribution in [3.8, 4) is 0 Å². The minimum absolute atomic E-state index is 0.259. The lowest BCUT2D eigenvalue weighted by atomic mass is 9.88. The molecule has 31 heavy (non-hydrogen) atoms. The van der Waals surface area contributed by atoms with Gasteiger partial charge in [0.2, 0.25) is 0 Å². The van der Waals surface area contributed by atoms with Crippen LogP contribution in [0.25, 0.3) is 0 Å². The molecule has 5 nitrogen and oxygen atoms in total. The molecule has 0 aromatic heterocycles. The number of nitrogens with zero attached hydrogens (tertiary/aromatic N) is 2. The Kier molecular flexibility index (Phi) is 7.73. The highest BCUT2D eigenvalue weighted by molar-refractivity contribution is 5.89. The Bertz CT molecular complexity index is 834. The van der Waals surface area contributed by atoms with Gasteiger partial charge in [0.1, 0.15) is 0 Å². The van der Waals surface area contributed by atoms with Crippen LogP contribution < -0.4 is 0 Å². The number of esters is 1. The number of carbonyl (C=O) groups excluding carboxylic acids is 1. The summed E-state index contributed by atoms with van der Waals surface area (Å²) in [5.41, 5.74) is 3.27. The Morgan fingerprint density at radius 2 is 1.84 bits per heavy atom. The number of hydrogen-bond acceptors (Lipinski definition) is 5. The van der Waals surface area contributed by atoms with Crippen molar-refractivity contribution in [1.29, 1.82) is 0 Å². The SMILES string of the molecule is COC(=O)c1cccc(C2CCN(CC3CN(Cc4ccccc4)CCCO3)CC2)c1. The van der Waals surface area contributed by atoms with Crippen LogP contribution in [0.15, 0.2) is 54.6 Å². The van der Waals surface area contributed by atoms with E-state index in [4.69, 9.17) is 9.47 Å². The fourth-order valence-electron chi connectivity index (χ4n) is 4.84. The van der Waals surface area contributed by atoms with E-state index in [1.165, 1.54) is 18.2 Å². The summed E-state index contributed by atoms with van der Waals surface area (Å²) in [6.07, 6.45) is 3.60. The van der Waals surface area contributed by atoms with Crippen molar-refractivity contribution in [3.05, 3.63) is 71.3 Å². The van der Waals surface area contributed by atoms with Gasteiger partial charge in [-0.2, -0.15) is 0 Å². The van der Waals surface area contributed by atoms with E-state index in [9.17, 15) is 4.79 Å². The van der Waals surface area contributed by atoms with Crippen molar-refractivity contribution in [2.75, 3.05) is 46.4 Å². The zero-order chi connectivity index (χ0) is 21.5. The number of rotatable bonds is 6. The molecule has 2 fully saturated rings. The largest absolute Gasteiger partial charge is 0.465 e. The minimum Gasteiger partial charge on any atom is -0.465 e. The lowest BCUT2D eigenvalue weighted by molar-refractivity contribution is 0.0203. The molecule has 0 amide bonds. The number of methoxy groups -OCH3 is 1. The first-order chi connectivity index (χ1) is 15.2. The highest BCUT2D eigenvalue weighted by atomic mass is 16.5. The third kappa shape index (κ3) is 6.16. The van der Waals surface area contributed by atoms with Gasteiger partial charge < -0.3 is 14.4 Å². The van der Waals surface area contributed by atoms with Gasteiger partial charge in [-0.1, -0.05) is 42.5 Å². The Labute approximate surface area is 185 Å². The van der Waals surface area contributed by atoms with Gasteiger partial charge in [-0.25, -0.2) is 4.79 Å². The molecule has 0 radical (unpaired) electrons. The first-order valence-electron chi connectivity index (χ1n) is 11.5. The van der Waals surface area contributed by atoms with E-state index in [2.05, 4.69) is 46.2 Å². The number of ether oxygens (including phenoxy) is 2. The van der Waals surface area contributed by atoms with E-state index in [1.54, 1.807) is 0 Å². The van der Waals surface area contributed by atoms with E-state index in [1.807, 2.05) is 18.2 Å². The Morgan fingerprint density at radius 3 is 2.61 bits per heavy atom. The van der Waals surface area contributed by atoms with Crippen LogP contribution >= 0.6 is 0 Å². The lowest BCUT2D eigenvalue weighted by Crippen LogP contribution is -2.43. The van der Waals surface area contributed by atoms with Gasteiger partial charge in [-0.05, 0) is 61.5 Å². The van der Waals surface area contributed by atoms with Crippen molar-refractivity contribution in [2.24, 2.45) is 0 Å². The number of likely N-dealkylation sites (tertiary alicyclic amines) is 1. The van der Waals surface area contributed by atoms with Gasteiger partial charge in [0.05, 0.1) is 18.8 Å².